The van der Waals surface area contributed by atoms with Crippen molar-refractivity contribution in [1.29, 1.82) is 0 Å². The molecular weight excluding hydrogens is 310 g/mol. The molecule has 1 N–H and O–H groups in total. The standard InChI is InChI=1S/C14H18BrNO3/c1-9-5-11(15)4-3-10(9)7-16-8-12(17)6-13(16)14(18)19-2/h3-5,12-13,17H,6-8H2,1-2H3. The summed E-state index contributed by atoms with van der Waals surface area (Å²) in [6.45, 7) is 3.20. The van der Waals surface area contributed by atoms with E-state index in [9.17, 15) is 9.90 Å². The second-order valence-corrected chi connectivity index (χ2v) is 5.84. The van der Waals surface area contributed by atoms with Crippen molar-refractivity contribution in [2.24, 2.45) is 0 Å². The predicted molar refractivity (Wildman–Crippen MR) is 75.7 cm³/mol. The lowest BCUT2D eigenvalue weighted by molar-refractivity contribution is -0.146. The normalized spacial score (nSPS) is 23.6. The number of rotatable bonds is 3. The van der Waals surface area contributed by atoms with Gasteiger partial charge in [0.1, 0.15) is 6.04 Å². The van der Waals surface area contributed by atoms with Gasteiger partial charge in [0, 0.05) is 24.0 Å². The van der Waals surface area contributed by atoms with Crippen molar-refractivity contribution < 1.29 is 14.6 Å². The molecule has 2 rings (SSSR count). The Balaban J connectivity index is 2.14. The third kappa shape index (κ3) is 3.35. The Bertz CT molecular complexity index is 478. The van der Waals surface area contributed by atoms with Gasteiger partial charge in [0.15, 0.2) is 0 Å². The highest BCUT2D eigenvalue weighted by Crippen LogP contribution is 2.24. The second-order valence-electron chi connectivity index (χ2n) is 4.93. The van der Waals surface area contributed by atoms with E-state index in [4.69, 9.17) is 4.74 Å². The van der Waals surface area contributed by atoms with Crippen LogP contribution in [-0.2, 0) is 16.1 Å². The maximum Gasteiger partial charge on any atom is 0.323 e. The molecule has 104 valence electrons. The van der Waals surface area contributed by atoms with Crippen LogP contribution in [0.1, 0.15) is 17.5 Å². The molecule has 19 heavy (non-hydrogen) atoms. The van der Waals surface area contributed by atoms with Crippen molar-refractivity contribution in [3.05, 3.63) is 33.8 Å². The Hall–Kier alpha value is -0.910. The minimum absolute atomic E-state index is 0.272. The van der Waals surface area contributed by atoms with E-state index in [2.05, 4.69) is 22.0 Å². The lowest BCUT2D eigenvalue weighted by Crippen LogP contribution is -2.36. The van der Waals surface area contributed by atoms with E-state index in [-0.39, 0.29) is 12.0 Å². The number of aliphatic hydroxyl groups excluding tert-OH is 1. The van der Waals surface area contributed by atoms with Crippen molar-refractivity contribution in [2.45, 2.75) is 32.0 Å². The monoisotopic (exact) mass is 327 g/mol. The third-order valence-corrected chi connectivity index (χ3v) is 4.03. The molecule has 1 aromatic rings. The van der Waals surface area contributed by atoms with Crippen LogP contribution < -0.4 is 0 Å². The van der Waals surface area contributed by atoms with E-state index in [0.717, 1.165) is 10.0 Å². The summed E-state index contributed by atoms with van der Waals surface area (Å²) in [6, 6.07) is 5.73. The van der Waals surface area contributed by atoms with Gasteiger partial charge < -0.3 is 9.84 Å². The van der Waals surface area contributed by atoms with Gasteiger partial charge in [-0.05, 0) is 30.2 Å². The molecular formula is C14H18BrNO3. The van der Waals surface area contributed by atoms with E-state index < -0.39 is 6.10 Å². The number of aliphatic hydroxyl groups is 1. The number of hydrogen-bond acceptors (Lipinski definition) is 4. The summed E-state index contributed by atoms with van der Waals surface area (Å²) in [7, 11) is 1.39. The highest BCUT2D eigenvalue weighted by molar-refractivity contribution is 9.10. The highest BCUT2D eigenvalue weighted by atomic mass is 79.9. The molecule has 0 aromatic heterocycles. The molecule has 0 saturated carbocycles. The molecule has 4 nitrogen and oxygen atoms in total. The molecule has 2 unspecified atom stereocenters. The lowest BCUT2D eigenvalue weighted by atomic mass is 10.1. The lowest BCUT2D eigenvalue weighted by Gasteiger charge is -2.22. The number of carbonyl (C=O) groups is 1. The molecule has 1 aliphatic heterocycles. The number of carbonyl (C=O) groups excluding carboxylic acids is 1. The summed E-state index contributed by atoms with van der Waals surface area (Å²) in [5.74, 6) is -0.272. The summed E-state index contributed by atoms with van der Waals surface area (Å²) < 4.78 is 5.84. The van der Waals surface area contributed by atoms with Crippen molar-refractivity contribution in [3.63, 3.8) is 0 Å². The molecule has 0 bridgehead atoms. The molecule has 5 heteroatoms. The molecule has 1 saturated heterocycles. The van der Waals surface area contributed by atoms with Crippen LogP contribution in [0.15, 0.2) is 22.7 Å². The van der Waals surface area contributed by atoms with Gasteiger partial charge in [0.05, 0.1) is 13.2 Å². The van der Waals surface area contributed by atoms with E-state index >= 15 is 0 Å². The zero-order valence-corrected chi connectivity index (χ0v) is 12.7. The number of aryl methyl sites for hydroxylation is 1. The number of halogens is 1. The highest BCUT2D eigenvalue weighted by Gasteiger charge is 2.36. The molecule has 0 amide bonds. The van der Waals surface area contributed by atoms with E-state index in [1.54, 1.807) is 0 Å². The van der Waals surface area contributed by atoms with Crippen LogP contribution in [0.2, 0.25) is 0 Å². The van der Waals surface area contributed by atoms with Gasteiger partial charge in [0.2, 0.25) is 0 Å². The molecule has 0 radical (unpaired) electrons. The molecule has 1 aliphatic rings. The van der Waals surface area contributed by atoms with E-state index in [1.165, 1.54) is 12.7 Å². The molecule has 1 heterocycles. The Morgan fingerprint density at radius 2 is 2.32 bits per heavy atom. The summed E-state index contributed by atoms with van der Waals surface area (Å²) in [5, 5.41) is 9.75. The quantitative estimate of drug-likeness (QED) is 0.861. The van der Waals surface area contributed by atoms with Gasteiger partial charge in [-0.1, -0.05) is 22.0 Å². The molecule has 1 aromatic carbocycles. The number of esters is 1. The van der Waals surface area contributed by atoms with Gasteiger partial charge in [-0.2, -0.15) is 0 Å². The Morgan fingerprint density at radius 1 is 1.58 bits per heavy atom. The van der Waals surface area contributed by atoms with Crippen molar-refractivity contribution in [3.8, 4) is 0 Å². The largest absolute Gasteiger partial charge is 0.468 e. The second kappa shape index (κ2) is 6.03. The molecule has 1 fully saturated rings. The first-order chi connectivity index (χ1) is 9.01. The first-order valence-electron chi connectivity index (χ1n) is 6.26. The SMILES string of the molecule is COC(=O)C1CC(O)CN1Cc1ccc(Br)cc1C. The summed E-state index contributed by atoms with van der Waals surface area (Å²) in [6.07, 6.45) is -0.0118. The van der Waals surface area contributed by atoms with Gasteiger partial charge in [-0.3, -0.25) is 9.69 Å². The van der Waals surface area contributed by atoms with Crippen LogP contribution in [0.3, 0.4) is 0 Å². The van der Waals surface area contributed by atoms with Crippen LogP contribution in [-0.4, -0.2) is 41.8 Å². The predicted octanol–water partition coefficient (Wildman–Crippen LogP) is 1.87. The molecule has 0 aliphatic carbocycles. The van der Waals surface area contributed by atoms with Crippen molar-refractivity contribution in [1.82, 2.24) is 4.90 Å². The van der Waals surface area contributed by atoms with Gasteiger partial charge >= 0.3 is 5.97 Å². The maximum absolute atomic E-state index is 11.7. The van der Waals surface area contributed by atoms with Crippen LogP contribution in [0, 0.1) is 6.92 Å². The van der Waals surface area contributed by atoms with Crippen LogP contribution in [0.25, 0.3) is 0 Å². The van der Waals surface area contributed by atoms with Gasteiger partial charge in [0.25, 0.3) is 0 Å². The number of benzene rings is 1. The fourth-order valence-corrected chi connectivity index (χ4v) is 2.97. The summed E-state index contributed by atoms with van der Waals surface area (Å²) in [4.78, 5) is 13.7. The van der Waals surface area contributed by atoms with Crippen molar-refractivity contribution in [2.75, 3.05) is 13.7 Å². The zero-order valence-electron chi connectivity index (χ0n) is 11.1. The van der Waals surface area contributed by atoms with Gasteiger partial charge in [-0.15, -0.1) is 0 Å². The topological polar surface area (TPSA) is 49.8 Å². The van der Waals surface area contributed by atoms with E-state index in [1.807, 2.05) is 24.0 Å². The first-order valence-corrected chi connectivity index (χ1v) is 7.05. The Labute approximate surface area is 121 Å². The number of β-amino-alcohol motifs (C(OH)–C–C–N with tert-alkyl or cyclic N) is 1. The Kier molecular flexibility index (Phi) is 4.60. The fraction of sp³-hybridized carbons (Fsp3) is 0.500. The number of likely N-dealkylation sites (tertiary alicyclic amines) is 1. The molecule has 0 spiro atoms. The fourth-order valence-electron chi connectivity index (χ4n) is 2.49. The number of ether oxygens (including phenoxy) is 1. The van der Waals surface area contributed by atoms with E-state index in [0.29, 0.717) is 19.5 Å². The zero-order chi connectivity index (χ0) is 14.0. The number of nitrogens with zero attached hydrogens (tertiary/aromatic N) is 1. The van der Waals surface area contributed by atoms with Crippen LogP contribution >= 0.6 is 15.9 Å². The first kappa shape index (κ1) is 14.5. The van der Waals surface area contributed by atoms with Crippen LogP contribution in [0.5, 0.6) is 0 Å². The average molecular weight is 328 g/mol. The van der Waals surface area contributed by atoms with Crippen molar-refractivity contribution >= 4 is 21.9 Å². The molecule has 2 atom stereocenters. The minimum atomic E-state index is -0.458. The summed E-state index contributed by atoms with van der Waals surface area (Å²) >= 11 is 3.44. The minimum Gasteiger partial charge on any atom is -0.468 e. The average Bonchev–Trinajstić information content (AvgIpc) is 2.73. The smallest absolute Gasteiger partial charge is 0.323 e. The third-order valence-electron chi connectivity index (χ3n) is 3.53. The number of hydrogen-bond donors (Lipinski definition) is 1. The van der Waals surface area contributed by atoms with Gasteiger partial charge in [-0.25, -0.2) is 0 Å². The summed E-state index contributed by atoms with van der Waals surface area (Å²) in [5.41, 5.74) is 2.32. The van der Waals surface area contributed by atoms with Crippen LogP contribution in [0.4, 0.5) is 0 Å². The maximum atomic E-state index is 11.7. The number of methoxy groups -OCH3 is 1. The Morgan fingerprint density at radius 3 is 2.95 bits per heavy atom.